The fraction of sp³-hybridized carbons (Fsp3) is 0.200. The maximum absolute atomic E-state index is 12.3. The van der Waals surface area contributed by atoms with Crippen molar-refractivity contribution in [3.05, 3.63) is 67.0 Å². The zero-order chi connectivity index (χ0) is 17.6. The SMILES string of the molecule is C=Cn1c[n+](CC(=O)NCCc2ccc(OC)cc2)c2ccccc21. The van der Waals surface area contributed by atoms with Crippen molar-refractivity contribution in [3.63, 3.8) is 0 Å². The van der Waals surface area contributed by atoms with Crippen LogP contribution in [0.3, 0.4) is 0 Å². The molecule has 1 aromatic heterocycles. The predicted octanol–water partition coefficient (Wildman–Crippen LogP) is 2.40. The lowest BCUT2D eigenvalue weighted by Crippen LogP contribution is -2.42. The number of benzene rings is 2. The van der Waals surface area contributed by atoms with E-state index in [0.717, 1.165) is 28.8 Å². The molecular weight excluding hydrogens is 314 g/mol. The normalized spacial score (nSPS) is 10.6. The van der Waals surface area contributed by atoms with Crippen LogP contribution in [0.1, 0.15) is 5.56 Å². The summed E-state index contributed by atoms with van der Waals surface area (Å²) in [5.41, 5.74) is 3.20. The summed E-state index contributed by atoms with van der Waals surface area (Å²) in [6.07, 6.45) is 4.41. The van der Waals surface area contributed by atoms with Crippen molar-refractivity contribution in [2.75, 3.05) is 13.7 Å². The van der Waals surface area contributed by atoms with Crippen molar-refractivity contribution >= 4 is 23.1 Å². The molecule has 3 rings (SSSR count). The Morgan fingerprint density at radius 2 is 2.00 bits per heavy atom. The van der Waals surface area contributed by atoms with Gasteiger partial charge >= 0.3 is 0 Å². The number of nitrogens with one attached hydrogen (secondary N) is 1. The monoisotopic (exact) mass is 336 g/mol. The summed E-state index contributed by atoms with van der Waals surface area (Å²) in [4.78, 5) is 12.3. The molecule has 0 spiro atoms. The van der Waals surface area contributed by atoms with Crippen LogP contribution in [-0.2, 0) is 17.8 Å². The van der Waals surface area contributed by atoms with E-state index >= 15 is 0 Å². The van der Waals surface area contributed by atoms with Crippen molar-refractivity contribution in [2.24, 2.45) is 0 Å². The number of methoxy groups -OCH3 is 1. The molecule has 0 atom stereocenters. The van der Waals surface area contributed by atoms with Gasteiger partial charge in [0.15, 0.2) is 17.6 Å². The third-order valence-electron chi connectivity index (χ3n) is 4.14. The molecule has 3 aromatic rings. The highest BCUT2D eigenvalue weighted by molar-refractivity contribution is 5.77. The minimum absolute atomic E-state index is 0.00882. The highest BCUT2D eigenvalue weighted by Crippen LogP contribution is 2.12. The minimum Gasteiger partial charge on any atom is -0.497 e. The lowest BCUT2D eigenvalue weighted by Gasteiger charge is -2.05. The molecule has 0 aliphatic carbocycles. The average Bonchev–Trinajstić information content (AvgIpc) is 3.00. The topological polar surface area (TPSA) is 47.1 Å². The van der Waals surface area contributed by atoms with E-state index in [1.54, 1.807) is 13.3 Å². The fourth-order valence-electron chi connectivity index (χ4n) is 2.82. The molecule has 5 nitrogen and oxygen atoms in total. The number of hydrogen-bond donors (Lipinski definition) is 1. The lowest BCUT2D eigenvalue weighted by atomic mass is 10.1. The van der Waals surface area contributed by atoms with Crippen LogP contribution < -0.4 is 14.6 Å². The molecule has 0 saturated heterocycles. The van der Waals surface area contributed by atoms with E-state index in [2.05, 4.69) is 11.9 Å². The molecule has 0 aliphatic rings. The average molecular weight is 336 g/mol. The molecule has 25 heavy (non-hydrogen) atoms. The van der Waals surface area contributed by atoms with Crippen LogP contribution in [-0.4, -0.2) is 24.1 Å². The first-order chi connectivity index (χ1) is 12.2. The molecule has 0 bridgehead atoms. The van der Waals surface area contributed by atoms with Gasteiger partial charge in [-0.15, -0.1) is 0 Å². The van der Waals surface area contributed by atoms with Crippen LogP contribution in [0.4, 0.5) is 0 Å². The van der Waals surface area contributed by atoms with E-state index in [0.29, 0.717) is 6.54 Å². The number of para-hydroxylation sites is 2. The number of hydrogen-bond acceptors (Lipinski definition) is 2. The molecule has 0 aliphatic heterocycles. The predicted molar refractivity (Wildman–Crippen MR) is 98.2 cm³/mol. The van der Waals surface area contributed by atoms with Crippen LogP contribution in [0.25, 0.3) is 17.2 Å². The fourth-order valence-corrected chi connectivity index (χ4v) is 2.82. The molecule has 5 heteroatoms. The molecule has 0 fully saturated rings. The smallest absolute Gasteiger partial charge is 0.262 e. The van der Waals surface area contributed by atoms with Crippen molar-refractivity contribution in [1.82, 2.24) is 9.88 Å². The molecule has 1 N–H and O–H groups in total. The summed E-state index contributed by atoms with van der Waals surface area (Å²) >= 11 is 0. The lowest BCUT2D eigenvalue weighted by molar-refractivity contribution is -0.658. The number of carbonyl (C=O) groups excluding carboxylic acids is 1. The van der Waals surface area contributed by atoms with Gasteiger partial charge in [0.05, 0.1) is 13.3 Å². The summed E-state index contributed by atoms with van der Waals surface area (Å²) in [6.45, 7) is 4.69. The van der Waals surface area contributed by atoms with Gasteiger partial charge in [-0.1, -0.05) is 30.8 Å². The highest BCUT2D eigenvalue weighted by atomic mass is 16.5. The summed E-state index contributed by atoms with van der Waals surface area (Å²) in [7, 11) is 1.65. The first-order valence-corrected chi connectivity index (χ1v) is 8.22. The largest absolute Gasteiger partial charge is 0.497 e. The number of fused-ring (bicyclic) bond motifs is 1. The molecule has 0 saturated carbocycles. The summed E-state index contributed by atoms with van der Waals surface area (Å²) < 4.78 is 8.99. The Labute approximate surface area is 147 Å². The molecule has 2 aromatic carbocycles. The second-order valence-electron chi connectivity index (χ2n) is 5.77. The Morgan fingerprint density at radius 3 is 2.72 bits per heavy atom. The van der Waals surface area contributed by atoms with Crippen LogP contribution in [0.2, 0.25) is 0 Å². The first kappa shape index (κ1) is 16.8. The third-order valence-corrected chi connectivity index (χ3v) is 4.14. The van der Waals surface area contributed by atoms with Gasteiger partial charge in [0.1, 0.15) is 5.75 Å². The maximum Gasteiger partial charge on any atom is 0.262 e. The van der Waals surface area contributed by atoms with Crippen molar-refractivity contribution in [1.29, 1.82) is 0 Å². The molecular formula is C20H22N3O2+. The number of carbonyl (C=O) groups is 1. The van der Waals surface area contributed by atoms with Crippen LogP contribution in [0.15, 0.2) is 61.4 Å². The van der Waals surface area contributed by atoms with Gasteiger partial charge in [-0.05, 0) is 36.2 Å². The van der Waals surface area contributed by atoms with Gasteiger partial charge in [-0.3, -0.25) is 4.79 Å². The second kappa shape index (κ2) is 7.66. The molecule has 1 heterocycles. The summed E-state index contributed by atoms with van der Waals surface area (Å²) in [5.74, 6) is 0.827. The Hall–Kier alpha value is -3.08. The van der Waals surface area contributed by atoms with Gasteiger partial charge in [0.2, 0.25) is 6.33 Å². The number of ether oxygens (including phenoxy) is 1. The summed E-state index contributed by atoms with van der Waals surface area (Å²) in [6, 6.07) is 15.8. The van der Waals surface area contributed by atoms with E-state index < -0.39 is 0 Å². The van der Waals surface area contributed by atoms with Crippen LogP contribution in [0, 0.1) is 0 Å². The zero-order valence-electron chi connectivity index (χ0n) is 14.3. The maximum atomic E-state index is 12.3. The zero-order valence-corrected chi connectivity index (χ0v) is 14.3. The molecule has 0 unspecified atom stereocenters. The standard InChI is InChI=1S/C20H21N3O2/c1-3-22-15-23(19-7-5-4-6-18(19)22)14-20(24)21-13-12-16-8-10-17(25-2)11-9-16/h3-11,15H,1,12-14H2,2H3/p+1. The van der Waals surface area contributed by atoms with Crippen molar-refractivity contribution in [3.8, 4) is 5.75 Å². The van der Waals surface area contributed by atoms with Crippen LogP contribution in [0.5, 0.6) is 5.75 Å². The number of aromatic nitrogens is 2. The van der Waals surface area contributed by atoms with Gasteiger partial charge in [-0.2, -0.15) is 0 Å². The Kier molecular flexibility index (Phi) is 5.14. The Bertz CT molecular complexity index is 882. The first-order valence-electron chi connectivity index (χ1n) is 8.22. The number of amides is 1. The third kappa shape index (κ3) is 3.88. The van der Waals surface area contributed by atoms with Gasteiger partial charge in [0.25, 0.3) is 5.91 Å². The number of rotatable bonds is 7. The van der Waals surface area contributed by atoms with Crippen molar-refractivity contribution in [2.45, 2.75) is 13.0 Å². The Balaban J connectivity index is 1.58. The highest BCUT2D eigenvalue weighted by Gasteiger charge is 2.15. The van der Waals surface area contributed by atoms with Gasteiger partial charge in [-0.25, -0.2) is 9.13 Å². The van der Waals surface area contributed by atoms with Gasteiger partial charge < -0.3 is 10.1 Å². The number of imidazole rings is 1. The summed E-state index contributed by atoms with van der Waals surface area (Å²) in [5, 5.41) is 2.97. The minimum atomic E-state index is -0.00882. The molecule has 1 amide bonds. The molecule has 0 radical (unpaired) electrons. The Morgan fingerprint density at radius 1 is 1.24 bits per heavy atom. The number of nitrogens with zero attached hydrogens (tertiary/aromatic N) is 2. The van der Waals surface area contributed by atoms with Gasteiger partial charge in [0, 0.05) is 6.54 Å². The van der Waals surface area contributed by atoms with E-state index in [1.807, 2.05) is 64.0 Å². The second-order valence-corrected chi connectivity index (χ2v) is 5.77. The van der Waals surface area contributed by atoms with E-state index in [-0.39, 0.29) is 12.5 Å². The van der Waals surface area contributed by atoms with E-state index in [1.165, 1.54) is 0 Å². The van der Waals surface area contributed by atoms with Crippen molar-refractivity contribution < 1.29 is 14.1 Å². The quantitative estimate of drug-likeness (QED) is 0.674. The van der Waals surface area contributed by atoms with E-state index in [4.69, 9.17) is 4.74 Å². The van der Waals surface area contributed by atoms with E-state index in [9.17, 15) is 4.79 Å². The molecule has 128 valence electrons. The van der Waals surface area contributed by atoms with Crippen LogP contribution >= 0.6 is 0 Å².